The molecule has 1 nitrogen and oxygen atoms in total. The van der Waals surface area contributed by atoms with Crippen molar-refractivity contribution in [2.75, 3.05) is 0 Å². The Morgan fingerprint density at radius 3 is 2.42 bits per heavy atom. The fourth-order valence-corrected chi connectivity index (χ4v) is 2.22. The van der Waals surface area contributed by atoms with Crippen molar-refractivity contribution in [3.8, 4) is 11.3 Å². The first-order valence-electron chi connectivity index (χ1n) is 5.66. The first-order chi connectivity index (χ1) is 9.15. The van der Waals surface area contributed by atoms with Crippen molar-refractivity contribution in [2.24, 2.45) is 0 Å². The van der Waals surface area contributed by atoms with E-state index in [-0.39, 0.29) is 15.9 Å². The van der Waals surface area contributed by atoms with E-state index in [0.29, 0.717) is 5.69 Å². The fourth-order valence-electron chi connectivity index (χ4n) is 1.97. The van der Waals surface area contributed by atoms with Gasteiger partial charge < -0.3 is 0 Å². The van der Waals surface area contributed by atoms with Crippen molar-refractivity contribution < 1.29 is 8.78 Å². The Kier molecular flexibility index (Phi) is 2.91. The molecule has 0 radical (unpaired) electrons. The average molecular weight is 276 g/mol. The van der Waals surface area contributed by atoms with Gasteiger partial charge in [0.25, 0.3) is 0 Å². The Morgan fingerprint density at radius 2 is 1.68 bits per heavy atom. The zero-order chi connectivity index (χ0) is 13.4. The molecule has 0 amide bonds. The van der Waals surface area contributed by atoms with Gasteiger partial charge in [-0.25, -0.2) is 13.8 Å². The molecule has 0 aliphatic heterocycles. The topological polar surface area (TPSA) is 12.9 Å². The van der Waals surface area contributed by atoms with Gasteiger partial charge in [0, 0.05) is 17.0 Å². The minimum absolute atomic E-state index is 0.0766. The van der Waals surface area contributed by atoms with Crippen molar-refractivity contribution in [2.45, 2.75) is 0 Å². The van der Waals surface area contributed by atoms with Crippen LogP contribution in [0.15, 0.2) is 48.5 Å². The lowest BCUT2D eigenvalue weighted by atomic mass is 10.1. The van der Waals surface area contributed by atoms with Crippen LogP contribution < -0.4 is 0 Å². The van der Waals surface area contributed by atoms with Crippen LogP contribution in [0.3, 0.4) is 0 Å². The molecule has 19 heavy (non-hydrogen) atoms. The zero-order valence-corrected chi connectivity index (χ0v) is 10.5. The Balaban J connectivity index is 2.31. The van der Waals surface area contributed by atoms with Crippen LogP contribution in [0.25, 0.3) is 22.2 Å². The number of nitrogens with zero attached hydrogens (tertiary/aromatic N) is 1. The van der Waals surface area contributed by atoms with Gasteiger partial charge in [-0.1, -0.05) is 41.9 Å². The monoisotopic (exact) mass is 275 g/mol. The quantitative estimate of drug-likeness (QED) is 0.620. The summed E-state index contributed by atoms with van der Waals surface area (Å²) in [6.07, 6.45) is 0. The minimum Gasteiger partial charge on any atom is -0.245 e. The number of rotatable bonds is 1. The minimum atomic E-state index is -0.713. The standard InChI is InChI=1S/C15H8ClF2N/c16-12-8-14(9-4-2-1-3-5-9)19-15-11(12)6-10(17)7-13(15)18/h1-8H. The Hall–Kier alpha value is -2.00. The maximum Gasteiger partial charge on any atom is 0.152 e. The molecular weight excluding hydrogens is 268 g/mol. The summed E-state index contributed by atoms with van der Waals surface area (Å²) in [4.78, 5) is 4.22. The van der Waals surface area contributed by atoms with E-state index in [2.05, 4.69) is 4.98 Å². The second kappa shape index (κ2) is 4.59. The molecular formula is C15H8ClF2N. The lowest BCUT2D eigenvalue weighted by Crippen LogP contribution is -1.91. The summed E-state index contributed by atoms with van der Waals surface area (Å²) in [7, 11) is 0. The van der Waals surface area contributed by atoms with Crippen molar-refractivity contribution in [3.05, 3.63) is 65.2 Å². The lowest BCUT2D eigenvalue weighted by molar-refractivity contribution is 0.590. The molecule has 0 aliphatic rings. The van der Waals surface area contributed by atoms with Crippen molar-refractivity contribution in [1.82, 2.24) is 4.98 Å². The molecule has 0 bridgehead atoms. The Morgan fingerprint density at radius 1 is 0.947 bits per heavy atom. The molecule has 2 aromatic carbocycles. The first kappa shape index (κ1) is 12.1. The van der Waals surface area contributed by atoms with E-state index in [0.717, 1.165) is 11.6 Å². The van der Waals surface area contributed by atoms with Crippen molar-refractivity contribution in [1.29, 1.82) is 0 Å². The summed E-state index contributed by atoms with van der Waals surface area (Å²) >= 11 is 6.08. The van der Waals surface area contributed by atoms with E-state index in [4.69, 9.17) is 11.6 Å². The van der Waals surface area contributed by atoms with Gasteiger partial charge in [0.2, 0.25) is 0 Å². The second-order valence-electron chi connectivity index (χ2n) is 4.14. The normalized spacial score (nSPS) is 10.9. The van der Waals surface area contributed by atoms with Gasteiger partial charge in [-0.05, 0) is 12.1 Å². The summed E-state index contributed by atoms with van der Waals surface area (Å²) in [5, 5.41) is 0.557. The van der Waals surface area contributed by atoms with Gasteiger partial charge in [0.15, 0.2) is 5.82 Å². The molecule has 0 fully saturated rings. The van der Waals surface area contributed by atoms with Crippen LogP contribution in [0, 0.1) is 11.6 Å². The van der Waals surface area contributed by atoms with Gasteiger partial charge >= 0.3 is 0 Å². The smallest absolute Gasteiger partial charge is 0.152 e. The number of benzene rings is 2. The van der Waals surface area contributed by atoms with Crippen molar-refractivity contribution in [3.63, 3.8) is 0 Å². The van der Waals surface area contributed by atoms with E-state index in [1.807, 2.05) is 30.3 Å². The molecule has 4 heteroatoms. The van der Waals surface area contributed by atoms with E-state index in [1.54, 1.807) is 6.07 Å². The summed E-state index contributed by atoms with van der Waals surface area (Å²) in [6.45, 7) is 0. The second-order valence-corrected chi connectivity index (χ2v) is 4.55. The van der Waals surface area contributed by atoms with Gasteiger partial charge in [-0.3, -0.25) is 0 Å². The van der Waals surface area contributed by atoms with Crippen molar-refractivity contribution >= 4 is 22.5 Å². The summed E-state index contributed by atoms with van der Waals surface area (Å²) in [6, 6.07) is 12.9. The number of halogens is 3. The largest absolute Gasteiger partial charge is 0.245 e. The molecule has 0 atom stereocenters. The molecule has 1 aromatic heterocycles. The fraction of sp³-hybridized carbons (Fsp3) is 0. The molecule has 0 N–H and O–H groups in total. The highest BCUT2D eigenvalue weighted by atomic mass is 35.5. The highest BCUT2D eigenvalue weighted by Gasteiger charge is 2.11. The molecule has 3 rings (SSSR count). The SMILES string of the molecule is Fc1cc(F)c2nc(-c3ccccc3)cc(Cl)c2c1. The highest BCUT2D eigenvalue weighted by molar-refractivity contribution is 6.35. The number of hydrogen-bond acceptors (Lipinski definition) is 1. The van der Waals surface area contributed by atoms with Crippen LogP contribution in [0.4, 0.5) is 8.78 Å². The number of aromatic nitrogens is 1. The van der Waals surface area contributed by atoms with E-state index >= 15 is 0 Å². The number of pyridine rings is 1. The Labute approximate surface area is 113 Å². The lowest BCUT2D eigenvalue weighted by Gasteiger charge is -2.06. The van der Waals surface area contributed by atoms with Gasteiger partial charge in [0.1, 0.15) is 11.3 Å². The van der Waals surface area contributed by atoms with Crippen LogP contribution in [0.1, 0.15) is 0 Å². The summed E-state index contributed by atoms with van der Waals surface area (Å²) < 4.78 is 26.9. The third kappa shape index (κ3) is 2.17. The maximum atomic E-state index is 13.8. The molecule has 0 spiro atoms. The van der Waals surface area contributed by atoms with E-state index in [1.165, 1.54) is 6.07 Å². The van der Waals surface area contributed by atoms with Crippen LogP contribution in [0.5, 0.6) is 0 Å². The molecule has 0 unspecified atom stereocenters. The van der Waals surface area contributed by atoms with Gasteiger partial charge in [-0.15, -0.1) is 0 Å². The van der Waals surface area contributed by atoms with Gasteiger partial charge in [0.05, 0.1) is 10.7 Å². The third-order valence-corrected chi connectivity index (χ3v) is 3.16. The molecule has 1 heterocycles. The molecule has 0 aliphatic carbocycles. The molecule has 3 aromatic rings. The van der Waals surface area contributed by atoms with Crippen LogP contribution >= 0.6 is 11.6 Å². The molecule has 0 saturated carbocycles. The highest BCUT2D eigenvalue weighted by Crippen LogP contribution is 2.29. The van der Waals surface area contributed by atoms with Crippen LogP contribution in [-0.2, 0) is 0 Å². The molecule has 94 valence electrons. The maximum absolute atomic E-state index is 13.8. The molecule has 0 saturated heterocycles. The first-order valence-corrected chi connectivity index (χ1v) is 6.03. The van der Waals surface area contributed by atoms with Crippen LogP contribution in [0.2, 0.25) is 5.02 Å². The van der Waals surface area contributed by atoms with Crippen LogP contribution in [-0.4, -0.2) is 4.98 Å². The number of hydrogen-bond donors (Lipinski definition) is 0. The number of fused-ring (bicyclic) bond motifs is 1. The van der Waals surface area contributed by atoms with E-state index in [9.17, 15) is 8.78 Å². The van der Waals surface area contributed by atoms with Gasteiger partial charge in [-0.2, -0.15) is 0 Å². The zero-order valence-electron chi connectivity index (χ0n) is 9.70. The Bertz CT molecular complexity index is 757. The predicted molar refractivity (Wildman–Crippen MR) is 72.1 cm³/mol. The van der Waals surface area contributed by atoms with E-state index < -0.39 is 11.6 Å². The average Bonchev–Trinajstić information content (AvgIpc) is 2.41. The summed E-state index contributed by atoms with van der Waals surface area (Å²) in [5.74, 6) is -1.38. The summed E-state index contributed by atoms with van der Waals surface area (Å²) in [5.41, 5.74) is 1.46. The third-order valence-electron chi connectivity index (χ3n) is 2.85. The predicted octanol–water partition coefficient (Wildman–Crippen LogP) is 4.83.